The van der Waals surface area contributed by atoms with Crippen molar-refractivity contribution in [2.75, 3.05) is 12.5 Å². The van der Waals surface area contributed by atoms with E-state index in [1.807, 2.05) is 50.2 Å². The Morgan fingerprint density at radius 2 is 1.76 bits per heavy atom. The molecule has 2 N–H and O–H groups in total. The Morgan fingerprint density at radius 1 is 1.00 bits per heavy atom. The maximum Gasteiger partial charge on any atom is 0.243 e. The van der Waals surface area contributed by atoms with Crippen LogP contribution in [0.1, 0.15) is 11.4 Å². The molecule has 0 aliphatic rings. The van der Waals surface area contributed by atoms with Gasteiger partial charge in [-0.25, -0.2) is 15.4 Å². The molecule has 0 saturated carbocycles. The summed E-state index contributed by atoms with van der Waals surface area (Å²) in [6, 6.07) is 16.4. The second kappa shape index (κ2) is 7.63. The third-order valence-electron chi connectivity index (χ3n) is 4.37. The van der Waals surface area contributed by atoms with Gasteiger partial charge in [0.05, 0.1) is 12.5 Å². The lowest BCUT2D eigenvalue weighted by molar-refractivity contribution is 0.373. The van der Waals surface area contributed by atoms with Crippen LogP contribution in [0.2, 0.25) is 0 Å². The lowest BCUT2D eigenvalue weighted by Gasteiger charge is -2.08. The molecule has 2 heterocycles. The summed E-state index contributed by atoms with van der Waals surface area (Å²) < 4.78 is 11.3. The number of fused-ring (bicyclic) bond motifs is 1. The van der Waals surface area contributed by atoms with E-state index in [4.69, 9.17) is 9.15 Å². The van der Waals surface area contributed by atoms with Gasteiger partial charge in [-0.05, 0) is 50.2 Å². The number of anilines is 1. The van der Waals surface area contributed by atoms with Gasteiger partial charge in [-0.2, -0.15) is 5.10 Å². The van der Waals surface area contributed by atoms with Crippen LogP contribution in [-0.2, 0) is 0 Å². The predicted octanol–water partition coefficient (Wildman–Crippen LogP) is 4.15. The van der Waals surface area contributed by atoms with Crippen LogP contribution in [0.3, 0.4) is 0 Å². The van der Waals surface area contributed by atoms with Crippen molar-refractivity contribution in [3.8, 4) is 22.8 Å². The van der Waals surface area contributed by atoms with Crippen LogP contribution in [0.15, 0.2) is 64.1 Å². The lowest BCUT2D eigenvalue weighted by atomic mass is 10.1. The highest BCUT2D eigenvalue weighted by Crippen LogP contribution is 2.31. The Balaban J connectivity index is 1.85. The van der Waals surface area contributed by atoms with Crippen molar-refractivity contribution >= 4 is 16.9 Å². The van der Waals surface area contributed by atoms with Crippen molar-refractivity contribution in [2.45, 2.75) is 13.8 Å². The molecule has 7 heteroatoms. The van der Waals surface area contributed by atoms with Crippen molar-refractivity contribution < 1.29 is 14.3 Å². The molecular formula is C22H20N4O3. The van der Waals surface area contributed by atoms with Crippen LogP contribution < -0.4 is 15.5 Å². The number of hydrogen-bond acceptors (Lipinski definition) is 7. The number of nitrogens with zero attached hydrogens (tertiary/aromatic N) is 3. The van der Waals surface area contributed by atoms with Gasteiger partial charge in [0.2, 0.25) is 5.95 Å². The minimum absolute atomic E-state index is 0.0654. The highest BCUT2D eigenvalue weighted by molar-refractivity contribution is 5.78. The largest absolute Gasteiger partial charge is 0.504 e. The Hall–Kier alpha value is -3.87. The first kappa shape index (κ1) is 18.5. The van der Waals surface area contributed by atoms with Gasteiger partial charge in [0.1, 0.15) is 11.3 Å². The van der Waals surface area contributed by atoms with Crippen molar-refractivity contribution in [1.82, 2.24) is 9.97 Å². The topological polar surface area (TPSA) is 92.8 Å². The number of phenols is 1. The first-order valence-corrected chi connectivity index (χ1v) is 9.06. The molecule has 4 aromatic rings. The highest BCUT2D eigenvalue weighted by atomic mass is 16.5. The zero-order valence-electron chi connectivity index (χ0n) is 16.3. The van der Waals surface area contributed by atoms with Crippen LogP contribution in [0.4, 0.5) is 5.95 Å². The summed E-state index contributed by atoms with van der Waals surface area (Å²) in [5.41, 5.74) is 6.10. The second-order valence-electron chi connectivity index (χ2n) is 6.58. The minimum atomic E-state index is 0.0654. The fraction of sp³-hybridized carbons (Fsp3) is 0.136. The van der Waals surface area contributed by atoms with E-state index in [1.165, 1.54) is 7.11 Å². The highest BCUT2D eigenvalue weighted by Gasteiger charge is 2.09. The van der Waals surface area contributed by atoms with E-state index in [9.17, 15) is 5.11 Å². The number of nitrogens with one attached hydrogen (secondary N) is 1. The summed E-state index contributed by atoms with van der Waals surface area (Å²) in [6.07, 6.45) is 0. The van der Waals surface area contributed by atoms with Crippen LogP contribution >= 0.6 is 0 Å². The molecular weight excluding hydrogens is 368 g/mol. The number of rotatable bonds is 4. The molecule has 29 heavy (non-hydrogen) atoms. The normalized spacial score (nSPS) is 11.6. The number of aromatic nitrogens is 2. The van der Waals surface area contributed by atoms with Gasteiger partial charge in [0.25, 0.3) is 0 Å². The second-order valence-corrected chi connectivity index (χ2v) is 6.58. The average molecular weight is 388 g/mol. The predicted molar refractivity (Wildman–Crippen MR) is 111 cm³/mol. The summed E-state index contributed by atoms with van der Waals surface area (Å²) in [7, 11) is 1.50. The lowest BCUT2D eigenvalue weighted by Crippen LogP contribution is -2.09. The molecule has 0 bridgehead atoms. The van der Waals surface area contributed by atoms with Crippen LogP contribution in [0.25, 0.3) is 22.3 Å². The zero-order valence-corrected chi connectivity index (χ0v) is 16.3. The van der Waals surface area contributed by atoms with Crippen molar-refractivity contribution in [1.29, 1.82) is 0 Å². The number of benzene rings is 2. The SMILES string of the molecule is COc1cc(-c2cc(=NNc3nc(C)cc(C)n3)c3ccccc3o2)ccc1O. The zero-order chi connectivity index (χ0) is 20.4. The molecule has 0 saturated heterocycles. The number of phenolic OH excluding ortho intramolecular Hbond substituents is 1. The number of aryl methyl sites for hydroxylation is 2. The molecule has 4 rings (SSSR count). The molecule has 0 amide bonds. The molecule has 0 aliphatic heterocycles. The summed E-state index contributed by atoms with van der Waals surface area (Å²) >= 11 is 0. The first-order valence-electron chi connectivity index (χ1n) is 9.06. The molecule has 146 valence electrons. The smallest absolute Gasteiger partial charge is 0.243 e. The van der Waals surface area contributed by atoms with Crippen molar-refractivity contribution in [3.63, 3.8) is 0 Å². The fourth-order valence-electron chi connectivity index (χ4n) is 3.07. The molecule has 2 aromatic heterocycles. The number of para-hydroxylation sites is 1. The number of hydrogen-bond donors (Lipinski definition) is 2. The van der Waals surface area contributed by atoms with Gasteiger partial charge >= 0.3 is 0 Å². The Morgan fingerprint density at radius 3 is 2.52 bits per heavy atom. The van der Waals surface area contributed by atoms with Crippen molar-refractivity contribution in [3.05, 3.63) is 71.3 Å². The third kappa shape index (κ3) is 3.89. The first-order chi connectivity index (χ1) is 14.0. The molecule has 0 aliphatic carbocycles. The molecule has 0 atom stereocenters. The monoisotopic (exact) mass is 388 g/mol. The standard InChI is InChI=1S/C22H20N4O3/c1-13-10-14(2)24-22(23-13)26-25-17-12-20(29-19-7-5-4-6-16(17)19)15-8-9-18(27)21(11-15)28-3/h4-12,27H,1-3H3,(H,23,24,26). The molecule has 0 radical (unpaired) electrons. The molecule has 2 aromatic carbocycles. The fourth-order valence-corrected chi connectivity index (χ4v) is 3.07. The summed E-state index contributed by atoms with van der Waals surface area (Å²) in [6.45, 7) is 3.82. The number of aromatic hydroxyl groups is 1. The van der Waals surface area contributed by atoms with E-state index < -0.39 is 0 Å². The van der Waals surface area contributed by atoms with Crippen LogP contribution in [0.5, 0.6) is 11.5 Å². The van der Waals surface area contributed by atoms with Crippen molar-refractivity contribution in [2.24, 2.45) is 5.10 Å². The Kier molecular flexibility index (Phi) is 4.87. The summed E-state index contributed by atoms with van der Waals surface area (Å²) in [5, 5.41) is 15.9. The molecule has 0 unspecified atom stereocenters. The van der Waals surface area contributed by atoms with Gasteiger partial charge in [0, 0.05) is 28.4 Å². The minimum Gasteiger partial charge on any atom is -0.504 e. The maximum absolute atomic E-state index is 9.87. The van der Waals surface area contributed by atoms with Gasteiger partial charge in [-0.15, -0.1) is 0 Å². The van der Waals surface area contributed by atoms with E-state index in [-0.39, 0.29) is 5.75 Å². The van der Waals surface area contributed by atoms with Crippen LogP contribution in [-0.4, -0.2) is 22.2 Å². The average Bonchev–Trinajstić information content (AvgIpc) is 2.71. The molecule has 0 spiro atoms. The maximum atomic E-state index is 9.87. The van der Waals surface area contributed by atoms with Gasteiger partial charge < -0.3 is 14.3 Å². The number of methoxy groups -OCH3 is 1. The summed E-state index contributed by atoms with van der Waals surface area (Å²) in [5.74, 6) is 1.45. The quantitative estimate of drug-likeness (QED) is 0.510. The molecule has 7 nitrogen and oxygen atoms in total. The number of ether oxygens (including phenoxy) is 1. The Bertz CT molecular complexity index is 1240. The van der Waals surface area contributed by atoms with Gasteiger partial charge in [0.15, 0.2) is 11.5 Å². The summed E-state index contributed by atoms with van der Waals surface area (Å²) in [4.78, 5) is 8.72. The van der Waals surface area contributed by atoms with Gasteiger partial charge in [-0.1, -0.05) is 12.1 Å². The van der Waals surface area contributed by atoms with E-state index >= 15 is 0 Å². The van der Waals surface area contributed by atoms with E-state index in [0.29, 0.717) is 28.4 Å². The van der Waals surface area contributed by atoms with E-state index in [2.05, 4.69) is 20.5 Å². The third-order valence-corrected chi connectivity index (χ3v) is 4.37. The van der Waals surface area contributed by atoms with Crippen LogP contribution in [0, 0.1) is 13.8 Å². The molecule has 0 fully saturated rings. The van der Waals surface area contributed by atoms with Gasteiger partial charge in [-0.3, -0.25) is 0 Å². The van der Waals surface area contributed by atoms with E-state index in [0.717, 1.165) is 22.3 Å². The Labute approximate surface area is 167 Å². The van der Waals surface area contributed by atoms with E-state index in [1.54, 1.807) is 18.2 Å².